The zero-order valence-corrected chi connectivity index (χ0v) is 16.4. The van der Waals surface area contributed by atoms with Crippen molar-refractivity contribution in [3.63, 3.8) is 0 Å². The summed E-state index contributed by atoms with van der Waals surface area (Å²) in [6.07, 6.45) is 3.20. The molecule has 0 spiro atoms. The van der Waals surface area contributed by atoms with Crippen LogP contribution < -0.4 is 5.32 Å². The highest BCUT2D eigenvalue weighted by atomic mass is 16.2. The first-order valence-electron chi connectivity index (χ1n) is 9.69. The van der Waals surface area contributed by atoms with Crippen LogP contribution in [-0.2, 0) is 21.4 Å². The van der Waals surface area contributed by atoms with Crippen LogP contribution in [0.4, 0.5) is 0 Å². The molecule has 2 N–H and O–H groups in total. The predicted molar refractivity (Wildman–Crippen MR) is 106 cm³/mol. The van der Waals surface area contributed by atoms with E-state index in [0.717, 1.165) is 17.8 Å². The molecule has 1 saturated heterocycles. The fourth-order valence-electron chi connectivity index (χ4n) is 3.70. The molecule has 0 saturated carbocycles. The number of nitrogens with zero attached hydrogens (tertiary/aromatic N) is 3. The number of piperidine rings is 1. The van der Waals surface area contributed by atoms with E-state index < -0.39 is 5.41 Å². The SMILES string of the molecule is C=CC(=O)N1CCC(C(=O)NC(C)c2n[nH]c(CC)n2)(c2ccccc2)CC1. The number of nitrogens with one attached hydrogen (secondary N) is 2. The minimum Gasteiger partial charge on any atom is -0.346 e. The molecule has 0 bridgehead atoms. The van der Waals surface area contributed by atoms with Crippen LogP contribution in [0.1, 0.15) is 49.9 Å². The lowest BCUT2D eigenvalue weighted by Crippen LogP contribution is -2.53. The lowest BCUT2D eigenvalue weighted by atomic mass is 9.71. The van der Waals surface area contributed by atoms with Gasteiger partial charge in [0.1, 0.15) is 5.82 Å². The van der Waals surface area contributed by atoms with Crippen molar-refractivity contribution in [1.29, 1.82) is 0 Å². The molecule has 1 unspecified atom stereocenters. The summed E-state index contributed by atoms with van der Waals surface area (Å²) in [4.78, 5) is 31.6. The van der Waals surface area contributed by atoms with E-state index in [1.54, 1.807) is 4.90 Å². The van der Waals surface area contributed by atoms with Gasteiger partial charge in [-0.2, -0.15) is 5.10 Å². The van der Waals surface area contributed by atoms with Gasteiger partial charge in [-0.25, -0.2) is 4.98 Å². The number of likely N-dealkylation sites (tertiary alicyclic amines) is 1. The number of rotatable bonds is 6. The Morgan fingerprint density at radius 3 is 2.57 bits per heavy atom. The second kappa shape index (κ2) is 8.37. The summed E-state index contributed by atoms with van der Waals surface area (Å²) in [5.74, 6) is 1.22. The molecule has 1 aliphatic heterocycles. The summed E-state index contributed by atoms with van der Waals surface area (Å²) in [7, 11) is 0. The molecule has 7 nitrogen and oxygen atoms in total. The summed E-state index contributed by atoms with van der Waals surface area (Å²) in [5.41, 5.74) is 0.284. The topological polar surface area (TPSA) is 91.0 Å². The maximum absolute atomic E-state index is 13.4. The van der Waals surface area contributed by atoms with Crippen LogP contribution in [-0.4, -0.2) is 45.0 Å². The molecule has 1 aromatic heterocycles. The third-order valence-electron chi connectivity index (χ3n) is 5.48. The van der Waals surface area contributed by atoms with Crippen molar-refractivity contribution >= 4 is 11.8 Å². The Morgan fingerprint density at radius 2 is 2.00 bits per heavy atom. The lowest BCUT2D eigenvalue weighted by molar-refractivity contribution is -0.134. The van der Waals surface area contributed by atoms with Gasteiger partial charge >= 0.3 is 0 Å². The maximum atomic E-state index is 13.4. The monoisotopic (exact) mass is 381 g/mol. The zero-order valence-electron chi connectivity index (χ0n) is 16.4. The molecule has 1 atom stereocenters. The Kier molecular flexibility index (Phi) is 5.92. The Hall–Kier alpha value is -2.96. The first-order valence-corrected chi connectivity index (χ1v) is 9.69. The average molecular weight is 381 g/mol. The van der Waals surface area contributed by atoms with Crippen molar-refractivity contribution in [2.24, 2.45) is 0 Å². The first kappa shape index (κ1) is 19.8. The standard InChI is InChI=1S/C21H27N5O2/c1-4-17-23-19(25-24-17)15(3)22-20(28)21(16-9-7-6-8-10-16)11-13-26(14-12-21)18(27)5-2/h5-10,15H,2,4,11-14H2,1,3H3,(H,22,28)(H,23,24,25). The molecule has 1 fully saturated rings. The fraction of sp³-hybridized carbons (Fsp3) is 0.429. The highest BCUT2D eigenvalue weighted by Crippen LogP contribution is 2.36. The summed E-state index contributed by atoms with van der Waals surface area (Å²) >= 11 is 0. The molecular formula is C21H27N5O2. The molecule has 1 aliphatic rings. The number of carbonyl (C=O) groups excluding carboxylic acids is 2. The second-order valence-corrected chi connectivity index (χ2v) is 7.17. The zero-order chi connectivity index (χ0) is 20.1. The Morgan fingerprint density at radius 1 is 1.32 bits per heavy atom. The van der Waals surface area contributed by atoms with Gasteiger partial charge in [0.15, 0.2) is 5.82 Å². The summed E-state index contributed by atoms with van der Waals surface area (Å²) in [5, 5.41) is 10.2. The van der Waals surface area contributed by atoms with E-state index in [1.165, 1.54) is 6.08 Å². The van der Waals surface area contributed by atoms with E-state index in [4.69, 9.17) is 0 Å². The quantitative estimate of drug-likeness (QED) is 0.751. The van der Waals surface area contributed by atoms with Gasteiger partial charge in [-0.05, 0) is 31.4 Å². The molecule has 2 amide bonds. The van der Waals surface area contributed by atoms with E-state index >= 15 is 0 Å². The molecule has 2 aromatic rings. The van der Waals surface area contributed by atoms with Gasteiger partial charge in [-0.3, -0.25) is 14.7 Å². The average Bonchev–Trinajstić information content (AvgIpc) is 3.23. The van der Waals surface area contributed by atoms with E-state index in [2.05, 4.69) is 27.1 Å². The molecule has 0 aliphatic carbocycles. The Balaban J connectivity index is 1.82. The van der Waals surface area contributed by atoms with Gasteiger partial charge in [0, 0.05) is 19.5 Å². The van der Waals surface area contributed by atoms with Crippen molar-refractivity contribution in [1.82, 2.24) is 25.4 Å². The molecular weight excluding hydrogens is 354 g/mol. The second-order valence-electron chi connectivity index (χ2n) is 7.17. The highest BCUT2D eigenvalue weighted by Gasteiger charge is 2.44. The van der Waals surface area contributed by atoms with E-state index in [0.29, 0.717) is 31.8 Å². The molecule has 1 aromatic carbocycles. The lowest BCUT2D eigenvalue weighted by Gasteiger charge is -2.41. The van der Waals surface area contributed by atoms with Crippen LogP contribution in [0.15, 0.2) is 43.0 Å². The van der Waals surface area contributed by atoms with Gasteiger partial charge in [-0.1, -0.05) is 43.8 Å². The highest BCUT2D eigenvalue weighted by molar-refractivity contribution is 5.90. The molecule has 2 heterocycles. The van der Waals surface area contributed by atoms with Crippen molar-refractivity contribution in [2.75, 3.05) is 13.1 Å². The van der Waals surface area contributed by atoms with E-state index in [1.807, 2.05) is 44.2 Å². The third-order valence-corrected chi connectivity index (χ3v) is 5.48. The molecule has 148 valence electrons. The largest absolute Gasteiger partial charge is 0.346 e. The van der Waals surface area contributed by atoms with Crippen molar-refractivity contribution in [3.05, 3.63) is 60.2 Å². The third kappa shape index (κ3) is 3.83. The van der Waals surface area contributed by atoms with Crippen LogP contribution in [0.25, 0.3) is 0 Å². The van der Waals surface area contributed by atoms with Crippen LogP contribution in [0.3, 0.4) is 0 Å². The van der Waals surface area contributed by atoms with Crippen molar-refractivity contribution in [3.8, 4) is 0 Å². The number of aryl methyl sites for hydroxylation is 1. The molecule has 3 rings (SSSR count). The van der Waals surface area contributed by atoms with Crippen LogP contribution in [0.5, 0.6) is 0 Å². The van der Waals surface area contributed by atoms with Crippen LogP contribution >= 0.6 is 0 Å². The molecule has 7 heteroatoms. The molecule has 28 heavy (non-hydrogen) atoms. The minimum absolute atomic E-state index is 0.0558. The van der Waals surface area contributed by atoms with Crippen LogP contribution in [0.2, 0.25) is 0 Å². The molecule has 0 radical (unpaired) electrons. The van der Waals surface area contributed by atoms with Gasteiger partial charge in [0.05, 0.1) is 11.5 Å². The predicted octanol–water partition coefficient (Wildman–Crippen LogP) is 2.29. The Bertz CT molecular complexity index is 837. The normalized spacial score (nSPS) is 17.0. The minimum atomic E-state index is -0.683. The van der Waals surface area contributed by atoms with Crippen LogP contribution in [0, 0.1) is 0 Å². The summed E-state index contributed by atoms with van der Waals surface area (Å²) < 4.78 is 0. The van der Waals surface area contributed by atoms with E-state index in [-0.39, 0.29) is 17.9 Å². The van der Waals surface area contributed by atoms with Crippen molar-refractivity contribution in [2.45, 2.75) is 44.6 Å². The maximum Gasteiger partial charge on any atom is 0.245 e. The number of hydrogen-bond acceptors (Lipinski definition) is 4. The number of amides is 2. The van der Waals surface area contributed by atoms with Gasteiger partial charge < -0.3 is 10.2 Å². The van der Waals surface area contributed by atoms with Gasteiger partial charge in [0.2, 0.25) is 11.8 Å². The summed E-state index contributed by atoms with van der Waals surface area (Å²) in [6.45, 7) is 8.47. The number of aromatic amines is 1. The number of benzene rings is 1. The summed E-state index contributed by atoms with van der Waals surface area (Å²) in [6, 6.07) is 9.48. The van der Waals surface area contributed by atoms with Gasteiger partial charge in [-0.15, -0.1) is 0 Å². The Labute approximate surface area is 165 Å². The number of hydrogen-bond donors (Lipinski definition) is 2. The first-order chi connectivity index (χ1) is 13.5. The smallest absolute Gasteiger partial charge is 0.245 e. The number of H-pyrrole nitrogens is 1. The fourth-order valence-corrected chi connectivity index (χ4v) is 3.70. The number of carbonyl (C=O) groups is 2. The number of aromatic nitrogens is 3. The van der Waals surface area contributed by atoms with E-state index in [9.17, 15) is 9.59 Å². The van der Waals surface area contributed by atoms with Crippen molar-refractivity contribution < 1.29 is 9.59 Å². The van der Waals surface area contributed by atoms with Gasteiger partial charge in [0.25, 0.3) is 0 Å².